The van der Waals surface area contributed by atoms with Crippen molar-refractivity contribution in [1.29, 1.82) is 0 Å². The second-order valence-corrected chi connectivity index (χ2v) is 7.39. The van der Waals surface area contributed by atoms with Crippen molar-refractivity contribution in [3.05, 3.63) is 70.6 Å². The molecular formula is C21H21ClN4O2. The normalized spacial score (nSPS) is 15.0. The quantitative estimate of drug-likeness (QED) is 0.673. The summed E-state index contributed by atoms with van der Waals surface area (Å²) in [4.78, 5) is 21.2. The van der Waals surface area contributed by atoms with E-state index < -0.39 is 0 Å². The predicted octanol–water partition coefficient (Wildman–Crippen LogP) is 3.66. The number of halogens is 1. The zero-order valence-corrected chi connectivity index (χ0v) is 16.4. The Kier molecular flexibility index (Phi) is 5.41. The molecule has 4 rings (SSSR count). The molecule has 1 fully saturated rings. The van der Waals surface area contributed by atoms with E-state index in [0.29, 0.717) is 41.9 Å². The Morgan fingerprint density at radius 1 is 1.11 bits per heavy atom. The SMILES string of the molecule is Cc1cccc(-c2noc(CN3CCN(C(=O)c4ccc(Cl)cc4)CC3)n2)c1. The van der Waals surface area contributed by atoms with E-state index in [1.54, 1.807) is 24.3 Å². The summed E-state index contributed by atoms with van der Waals surface area (Å²) in [6, 6.07) is 15.1. The number of piperazine rings is 1. The average molecular weight is 397 g/mol. The molecule has 0 aliphatic carbocycles. The van der Waals surface area contributed by atoms with E-state index in [1.165, 1.54) is 0 Å². The molecule has 0 unspecified atom stereocenters. The van der Waals surface area contributed by atoms with Gasteiger partial charge < -0.3 is 9.42 Å². The molecule has 1 aromatic heterocycles. The summed E-state index contributed by atoms with van der Waals surface area (Å²) < 4.78 is 5.42. The highest BCUT2D eigenvalue weighted by Crippen LogP contribution is 2.18. The van der Waals surface area contributed by atoms with Gasteiger partial charge in [-0.05, 0) is 37.3 Å². The molecule has 3 aromatic rings. The molecule has 144 valence electrons. The van der Waals surface area contributed by atoms with E-state index >= 15 is 0 Å². The molecular weight excluding hydrogens is 376 g/mol. The van der Waals surface area contributed by atoms with Crippen molar-refractivity contribution >= 4 is 17.5 Å². The molecule has 28 heavy (non-hydrogen) atoms. The summed E-state index contributed by atoms with van der Waals surface area (Å²) in [6.07, 6.45) is 0. The van der Waals surface area contributed by atoms with Crippen LogP contribution in [0.3, 0.4) is 0 Å². The van der Waals surface area contributed by atoms with Crippen LogP contribution in [0.4, 0.5) is 0 Å². The van der Waals surface area contributed by atoms with Crippen LogP contribution in [0.5, 0.6) is 0 Å². The van der Waals surface area contributed by atoms with Gasteiger partial charge in [-0.3, -0.25) is 9.69 Å². The van der Waals surface area contributed by atoms with E-state index in [1.807, 2.05) is 36.1 Å². The molecule has 1 saturated heterocycles. The van der Waals surface area contributed by atoms with Gasteiger partial charge in [0, 0.05) is 42.3 Å². The fourth-order valence-corrected chi connectivity index (χ4v) is 3.42. The van der Waals surface area contributed by atoms with Gasteiger partial charge in [0.05, 0.1) is 6.54 Å². The lowest BCUT2D eigenvalue weighted by Crippen LogP contribution is -2.48. The van der Waals surface area contributed by atoms with Crippen molar-refractivity contribution in [2.24, 2.45) is 0 Å². The Labute approximate surface area is 168 Å². The van der Waals surface area contributed by atoms with Crippen LogP contribution < -0.4 is 0 Å². The minimum atomic E-state index is 0.0378. The molecule has 7 heteroatoms. The van der Waals surface area contributed by atoms with Crippen LogP contribution in [-0.4, -0.2) is 52.0 Å². The van der Waals surface area contributed by atoms with Crippen LogP contribution in [-0.2, 0) is 6.54 Å². The summed E-state index contributed by atoms with van der Waals surface area (Å²) in [6.45, 7) is 5.49. The molecule has 0 bridgehead atoms. The Bertz CT molecular complexity index is 963. The van der Waals surface area contributed by atoms with Gasteiger partial charge in [-0.1, -0.05) is 40.5 Å². The lowest BCUT2D eigenvalue weighted by atomic mass is 10.1. The molecule has 1 aliphatic heterocycles. The third kappa shape index (κ3) is 4.24. The Balaban J connectivity index is 1.33. The summed E-state index contributed by atoms with van der Waals surface area (Å²) in [5.74, 6) is 1.24. The van der Waals surface area contributed by atoms with Crippen molar-refractivity contribution in [2.75, 3.05) is 26.2 Å². The number of hydrogen-bond acceptors (Lipinski definition) is 5. The molecule has 1 amide bonds. The zero-order chi connectivity index (χ0) is 19.5. The lowest BCUT2D eigenvalue weighted by molar-refractivity contribution is 0.0615. The topological polar surface area (TPSA) is 62.5 Å². The number of amides is 1. The largest absolute Gasteiger partial charge is 0.338 e. The number of aryl methyl sites for hydroxylation is 1. The second-order valence-electron chi connectivity index (χ2n) is 6.96. The van der Waals surface area contributed by atoms with Crippen LogP contribution in [0, 0.1) is 6.92 Å². The Morgan fingerprint density at radius 2 is 1.86 bits per heavy atom. The molecule has 6 nitrogen and oxygen atoms in total. The van der Waals surface area contributed by atoms with Crippen LogP contribution >= 0.6 is 11.6 Å². The van der Waals surface area contributed by atoms with Gasteiger partial charge >= 0.3 is 0 Å². The number of hydrogen-bond donors (Lipinski definition) is 0. The Hall–Kier alpha value is -2.70. The molecule has 0 spiro atoms. The van der Waals surface area contributed by atoms with Gasteiger partial charge in [-0.15, -0.1) is 0 Å². The third-order valence-electron chi connectivity index (χ3n) is 4.85. The van der Waals surface area contributed by atoms with Gasteiger partial charge in [-0.25, -0.2) is 0 Å². The van der Waals surface area contributed by atoms with E-state index in [0.717, 1.165) is 24.2 Å². The number of benzene rings is 2. The van der Waals surface area contributed by atoms with E-state index in [2.05, 4.69) is 15.0 Å². The van der Waals surface area contributed by atoms with Crippen molar-refractivity contribution < 1.29 is 9.32 Å². The number of carbonyl (C=O) groups excluding carboxylic acids is 1. The second kappa shape index (κ2) is 8.12. The maximum absolute atomic E-state index is 12.6. The molecule has 1 aliphatic rings. The van der Waals surface area contributed by atoms with Gasteiger partial charge in [0.2, 0.25) is 11.7 Å². The smallest absolute Gasteiger partial charge is 0.253 e. The summed E-state index contributed by atoms with van der Waals surface area (Å²) in [5, 5.41) is 4.73. The number of carbonyl (C=O) groups is 1. The van der Waals surface area contributed by atoms with Gasteiger partial charge in [-0.2, -0.15) is 4.98 Å². The fourth-order valence-electron chi connectivity index (χ4n) is 3.30. The van der Waals surface area contributed by atoms with Crippen molar-refractivity contribution in [3.8, 4) is 11.4 Å². The van der Waals surface area contributed by atoms with Gasteiger partial charge in [0.15, 0.2) is 0 Å². The maximum Gasteiger partial charge on any atom is 0.253 e. The monoisotopic (exact) mass is 396 g/mol. The number of aromatic nitrogens is 2. The first kappa shape index (κ1) is 18.7. The first-order valence-electron chi connectivity index (χ1n) is 9.25. The summed E-state index contributed by atoms with van der Waals surface area (Å²) in [7, 11) is 0. The number of nitrogens with zero attached hydrogens (tertiary/aromatic N) is 4. The summed E-state index contributed by atoms with van der Waals surface area (Å²) >= 11 is 5.90. The fraction of sp³-hybridized carbons (Fsp3) is 0.286. The van der Waals surface area contributed by atoms with E-state index in [9.17, 15) is 4.79 Å². The molecule has 2 heterocycles. The first-order chi connectivity index (χ1) is 13.6. The van der Waals surface area contributed by atoms with Crippen LogP contribution in [0.25, 0.3) is 11.4 Å². The van der Waals surface area contributed by atoms with Crippen molar-refractivity contribution in [2.45, 2.75) is 13.5 Å². The summed E-state index contributed by atoms with van der Waals surface area (Å²) in [5.41, 5.74) is 2.77. The van der Waals surface area contributed by atoms with Crippen LogP contribution in [0.15, 0.2) is 53.1 Å². The minimum absolute atomic E-state index is 0.0378. The zero-order valence-electron chi connectivity index (χ0n) is 15.6. The lowest BCUT2D eigenvalue weighted by Gasteiger charge is -2.34. The molecule has 0 radical (unpaired) electrons. The highest BCUT2D eigenvalue weighted by molar-refractivity contribution is 6.30. The van der Waals surface area contributed by atoms with E-state index in [-0.39, 0.29) is 5.91 Å². The Morgan fingerprint density at radius 3 is 2.57 bits per heavy atom. The van der Waals surface area contributed by atoms with Gasteiger partial charge in [0.25, 0.3) is 5.91 Å². The van der Waals surface area contributed by atoms with Crippen molar-refractivity contribution in [3.63, 3.8) is 0 Å². The maximum atomic E-state index is 12.6. The predicted molar refractivity (Wildman–Crippen MR) is 107 cm³/mol. The van der Waals surface area contributed by atoms with Crippen LogP contribution in [0.1, 0.15) is 21.8 Å². The molecule has 0 N–H and O–H groups in total. The molecule has 0 atom stereocenters. The first-order valence-corrected chi connectivity index (χ1v) is 9.63. The highest BCUT2D eigenvalue weighted by atomic mass is 35.5. The minimum Gasteiger partial charge on any atom is -0.338 e. The number of rotatable bonds is 4. The molecule has 0 saturated carbocycles. The van der Waals surface area contributed by atoms with Crippen molar-refractivity contribution in [1.82, 2.24) is 19.9 Å². The van der Waals surface area contributed by atoms with Crippen LogP contribution in [0.2, 0.25) is 5.02 Å². The highest BCUT2D eigenvalue weighted by Gasteiger charge is 2.23. The third-order valence-corrected chi connectivity index (χ3v) is 5.11. The standard InChI is InChI=1S/C21H21ClN4O2/c1-15-3-2-4-17(13-15)20-23-19(28-24-20)14-25-9-11-26(12-10-25)21(27)16-5-7-18(22)8-6-16/h2-8,13H,9-12,14H2,1H3. The van der Waals surface area contributed by atoms with E-state index in [4.69, 9.17) is 16.1 Å². The average Bonchev–Trinajstić information content (AvgIpc) is 3.17. The van der Waals surface area contributed by atoms with Gasteiger partial charge in [0.1, 0.15) is 0 Å². The molecule has 2 aromatic carbocycles.